The van der Waals surface area contributed by atoms with Crippen molar-refractivity contribution in [3.63, 3.8) is 0 Å². The van der Waals surface area contributed by atoms with Crippen molar-refractivity contribution < 1.29 is 0 Å². The lowest BCUT2D eigenvalue weighted by molar-refractivity contribution is 0.759. The topological polar surface area (TPSA) is 3.24 Å². The number of rotatable bonds is 5. The maximum atomic E-state index is 2.53. The molecule has 0 N–H and O–H groups in total. The van der Waals surface area contributed by atoms with Gasteiger partial charge in [-0.1, -0.05) is 153 Å². The van der Waals surface area contributed by atoms with Gasteiger partial charge in [0.15, 0.2) is 0 Å². The van der Waals surface area contributed by atoms with Crippen LogP contribution in [0.15, 0.2) is 194 Å². The summed E-state index contributed by atoms with van der Waals surface area (Å²) >= 11 is 1.87. The molecule has 1 aromatic heterocycles. The zero-order chi connectivity index (χ0) is 37.7. The molecule has 2 aliphatic carbocycles. The first-order valence-corrected chi connectivity index (χ1v) is 20.8. The maximum Gasteiger partial charge on any atom is 0.0729 e. The summed E-state index contributed by atoms with van der Waals surface area (Å²) < 4.78 is 2.62. The Morgan fingerprint density at radius 2 is 1.05 bits per heavy atom. The average molecular weight is 744 g/mol. The minimum Gasteiger partial charge on any atom is -0.310 e. The van der Waals surface area contributed by atoms with E-state index in [1.807, 2.05) is 11.3 Å². The molecule has 1 spiro atoms. The second-order valence-corrected chi connectivity index (χ2v) is 16.5. The molecule has 0 aliphatic heterocycles. The van der Waals surface area contributed by atoms with E-state index in [1.165, 1.54) is 92.1 Å². The molecule has 0 radical (unpaired) electrons. The van der Waals surface area contributed by atoms with Crippen LogP contribution in [-0.4, -0.2) is 0 Å². The van der Waals surface area contributed by atoms with Gasteiger partial charge in [0.25, 0.3) is 0 Å². The first kappa shape index (κ1) is 32.5. The summed E-state index contributed by atoms with van der Waals surface area (Å²) in [6.07, 6.45) is 0.954. The predicted molar refractivity (Wildman–Crippen MR) is 243 cm³/mol. The minimum absolute atomic E-state index is 0.492. The lowest BCUT2D eigenvalue weighted by Gasteiger charge is -2.41. The Kier molecular flexibility index (Phi) is 7.06. The first-order valence-electron chi connectivity index (χ1n) is 20.0. The summed E-state index contributed by atoms with van der Waals surface area (Å²) in [5.41, 5.74) is 17.5. The summed E-state index contributed by atoms with van der Waals surface area (Å²) in [4.78, 5) is 2.47. The van der Waals surface area contributed by atoms with Crippen LogP contribution < -0.4 is 4.90 Å². The van der Waals surface area contributed by atoms with Gasteiger partial charge in [0.05, 0.1) is 5.41 Å². The van der Waals surface area contributed by atoms with Crippen LogP contribution in [0.2, 0.25) is 0 Å². The van der Waals surface area contributed by atoms with Gasteiger partial charge in [0.2, 0.25) is 0 Å². The van der Waals surface area contributed by atoms with E-state index in [1.54, 1.807) is 0 Å². The van der Waals surface area contributed by atoms with Crippen LogP contribution in [0.5, 0.6) is 0 Å². The highest BCUT2D eigenvalue weighted by molar-refractivity contribution is 7.25. The molecule has 1 nitrogen and oxygen atoms in total. The van der Waals surface area contributed by atoms with E-state index in [9.17, 15) is 0 Å². The van der Waals surface area contributed by atoms with Crippen LogP contribution in [-0.2, 0) is 11.8 Å². The molecule has 268 valence electrons. The molecule has 9 aromatic carbocycles. The summed E-state index contributed by atoms with van der Waals surface area (Å²) in [5, 5.41) is 5.28. The zero-order valence-electron chi connectivity index (χ0n) is 31.5. The highest BCUT2D eigenvalue weighted by Crippen LogP contribution is 2.63. The Morgan fingerprint density at radius 3 is 1.86 bits per heavy atom. The van der Waals surface area contributed by atoms with Crippen molar-refractivity contribution in [1.82, 2.24) is 0 Å². The normalized spacial score (nSPS) is 14.9. The van der Waals surface area contributed by atoms with Gasteiger partial charge in [-0.2, -0.15) is 0 Å². The molecule has 0 amide bonds. The van der Waals surface area contributed by atoms with E-state index in [4.69, 9.17) is 0 Å². The molecular formula is C55H37NS. The van der Waals surface area contributed by atoms with Gasteiger partial charge in [0, 0.05) is 37.2 Å². The number of hydrogen-bond acceptors (Lipinski definition) is 2. The van der Waals surface area contributed by atoms with Crippen LogP contribution >= 0.6 is 11.3 Å². The minimum atomic E-state index is -0.492. The van der Waals surface area contributed by atoms with E-state index >= 15 is 0 Å². The Labute approximate surface area is 336 Å². The Morgan fingerprint density at radius 1 is 0.439 bits per heavy atom. The third-order valence-electron chi connectivity index (χ3n) is 12.6. The third-order valence-corrected chi connectivity index (χ3v) is 13.8. The molecule has 10 aromatic rings. The standard InChI is InChI=1S/C55H37NS/c1-2-35-23-24-38-15-12-19-46-43-17-7-10-21-49(43)55(54(35)53(38)46)48-20-9-6-16-42(48)44-31-29-41(34-50(44)55)56(39-27-25-37(26-28-39)36-13-4-3-5-14-36)40-30-32-52-47(33-40)45-18-8-11-22-51(45)57-52/h3-34H,2H2,1H3. The second kappa shape index (κ2) is 12.4. The van der Waals surface area contributed by atoms with Gasteiger partial charge in [-0.25, -0.2) is 0 Å². The van der Waals surface area contributed by atoms with Gasteiger partial charge < -0.3 is 4.90 Å². The number of benzene rings is 9. The zero-order valence-corrected chi connectivity index (χ0v) is 32.4. The van der Waals surface area contributed by atoms with Gasteiger partial charge in [-0.15, -0.1) is 11.3 Å². The number of fused-ring (bicyclic) bond motifs is 12. The lowest BCUT2D eigenvalue weighted by atomic mass is 9.60. The largest absolute Gasteiger partial charge is 0.310 e. The predicted octanol–water partition coefficient (Wildman–Crippen LogP) is 15.3. The number of nitrogens with zero attached hydrogens (tertiary/aromatic N) is 1. The molecular weight excluding hydrogens is 707 g/mol. The fourth-order valence-corrected chi connectivity index (χ4v) is 11.3. The lowest BCUT2D eigenvalue weighted by Crippen LogP contribution is -2.33. The van der Waals surface area contributed by atoms with Crippen molar-refractivity contribution in [2.24, 2.45) is 0 Å². The summed E-state index contributed by atoms with van der Waals surface area (Å²) in [6.45, 7) is 2.32. The van der Waals surface area contributed by atoms with Crippen LogP contribution in [0.25, 0.3) is 64.3 Å². The number of thiophene rings is 1. The molecule has 12 rings (SSSR count). The van der Waals surface area contributed by atoms with Crippen molar-refractivity contribution in [3.8, 4) is 33.4 Å². The van der Waals surface area contributed by atoms with E-state index in [0.29, 0.717) is 0 Å². The molecule has 0 fully saturated rings. The number of anilines is 3. The van der Waals surface area contributed by atoms with Gasteiger partial charge in [-0.3, -0.25) is 0 Å². The third kappa shape index (κ3) is 4.56. The van der Waals surface area contributed by atoms with E-state index in [-0.39, 0.29) is 0 Å². The molecule has 57 heavy (non-hydrogen) atoms. The molecule has 1 atom stereocenters. The molecule has 0 bridgehead atoms. The van der Waals surface area contributed by atoms with E-state index in [0.717, 1.165) is 23.5 Å². The molecule has 1 unspecified atom stereocenters. The Bertz CT molecular complexity index is 3230. The number of hydrogen-bond donors (Lipinski definition) is 0. The summed E-state index contributed by atoms with van der Waals surface area (Å²) in [5.74, 6) is 0. The van der Waals surface area contributed by atoms with Crippen molar-refractivity contribution in [2.45, 2.75) is 18.8 Å². The first-order chi connectivity index (χ1) is 28.2. The molecule has 0 saturated heterocycles. The van der Waals surface area contributed by atoms with E-state index in [2.05, 4.69) is 206 Å². The summed E-state index contributed by atoms with van der Waals surface area (Å²) in [7, 11) is 0. The van der Waals surface area contributed by atoms with Gasteiger partial charge in [0.1, 0.15) is 0 Å². The molecule has 0 saturated carbocycles. The van der Waals surface area contributed by atoms with Crippen molar-refractivity contribution >= 4 is 59.3 Å². The molecule has 1 heterocycles. The van der Waals surface area contributed by atoms with Crippen molar-refractivity contribution in [2.75, 3.05) is 4.90 Å². The second-order valence-electron chi connectivity index (χ2n) is 15.5. The smallest absolute Gasteiger partial charge is 0.0729 e. The maximum absolute atomic E-state index is 2.53. The van der Waals surface area contributed by atoms with Crippen molar-refractivity contribution in [1.29, 1.82) is 0 Å². The highest BCUT2D eigenvalue weighted by Gasteiger charge is 2.51. The molecule has 2 aliphatic rings. The Balaban J connectivity index is 1.15. The SMILES string of the molecule is CCc1ccc2cccc3c2c1C1(c2ccccc2-c2ccc(N(c4ccc(-c5ccccc5)cc4)c4ccc5sc6ccccc6c5c4)cc21)c1ccccc1-3. The fourth-order valence-electron chi connectivity index (χ4n) is 10.2. The van der Waals surface area contributed by atoms with Crippen LogP contribution in [0.1, 0.15) is 34.7 Å². The van der Waals surface area contributed by atoms with Crippen molar-refractivity contribution in [3.05, 3.63) is 222 Å². The van der Waals surface area contributed by atoms with Gasteiger partial charge >= 0.3 is 0 Å². The van der Waals surface area contributed by atoms with Gasteiger partial charge in [-0.05, 0) is 127 Å². The quantitative estimate of drug-likeness (QED) is 0.170. The monoisotopic (exact) mass is 743 g/mol. The van der Waals surface area contributed by atoms with Crippen LogP contribution in [0, 0.1) is 0 Å². The average Bonchev–Trinajstić information content (AvgIpc) is 3.79. The highest BCUT2D eigenvalue weighted by atomic mass is 32.1. The van der Waals surface area contributed by atoms with E-state index < -0.39 is 5.41 Å². The Hall–Kier alpha value is -6.74. The number of aryl methyl sites for hydroxylation is 1. The molecule has 2 heteroatoms. The summed E-state index contributed by atoms with van der Waals surface area (Å²) in [6, 6.07) is 72.9. The van der Waals surface area contributed by atoms with Crippen LogP contribution in [0.3, 0.4) is 0 Å². The van der Waals surface area contributed by atoms with Crippen LogP contribution in [0.4, 0.5) is 17.1 Å². The fraction of sp³-hybridized carbons (Fsp3) is 0.0545.